The number of methoxy groups -OCH3 is 1. The van der Waals surface area contributed by atoms with Crippen molar-refractivity contribution in [3.8, 4) is 0 Å². The summed E-state index contributed by atoms with van der Waals surface area (Å²) in [6, 6.07) is 0. The van der Waals surface area contributed by atoms with Crippen molar-refractivity contribution in [1.29, 1.82) is 0 Å². The lowest BCUT2D eigenvalue weighted by atomic mass is 9.98. The first kappa shape index (κ1) is 13.5. The third kappa shape index (κ3) is 5.47. The average molecular weight is 230 g/mol. The highest BCUT2D eigenvalue weighted by molar-refractivity contribution is 5.69. The van der Waals surface area contributed by atoms with Crippen molar-refractivity contribution < 1.29 is 19.0 Å². The smallest absolute Gasteiger partial charge is 0.308 e. The van der Waals surface area contributed by atoms with E-state index in [1.807, 2.05) is 0 Å². The first-order valence-electron chi connectivity index (χ1n) is 6.06. The Morgan fingerprint density at radius 3 is 2.62 bits per heavy atom. The van der Waals surface area contributed by atoms with Crippen LogP contribution in [0.2, 0.25) is 0 Å². The monoisotopic (exact) mass is 230 g/mol. The molecule has 0 aliphatic heterocycles. The summed E-state index contributed by atoms with van der Waals surface area (Å²) in [4.78, 5) is 11.4. The molecule has 1 aliphatic rings. The summed E-state index contributed by atoms with van der Waals surface area (Å²) in [6.07, 6.45) is 5.84. The second-order valence-electron chi connectivity index (χ2n) is 4.17. The molecule has 1 saturated carbocycles. The number of ether oxygens (including phenoxy) is 3. The molecule has 0 saturated heterocycles. The normalized spacial score (nSPS) is 19.4. The second-order valence-corrected chi connectivity index (χ2v) is 4.17. The van der Waals surface area contributed by atoms with Crippen LogP contribution in [0.5, 0.6) is 0 Å². The molecule has 16 heavy (non-hydrogen) atoms. The number of carbonyl (C=O) groups excluding carboxylic acids is 1. The quantitative estimate of drug-likeness (QED) is 0.518. The van der Waals surface area contributed by atoms with Gasteiger partial charge >= 0.3 is 5.97 Å². The summed E-state index contributed by atoms with van der Waals surface area (Å²) < 4.78 is 15.5. The van der Waals surface area contributed by atoms with Gasteiger partial charge in [0.25, 0.3) is 0 Å². The van der Waals surface area contributed by atoms with Crippen LogP contribution in [0.15, 0.2) is 0 Å². The van der Waals surface area contributed by atoms with Gasteiger partial charge in [0, 0.05) is 7.11 Å². The van der Waals surface area contributed by atoms with E-state index in [0.29, 0.717) is 13.0 Å². The Bertz CT molecular complexity index is 199. The van der Waals surface area contributed by atoms with E-state index < -0.39 is 0 Å². The van der Waals surface area contributed by atoms with Crippen LogP contribution in [0, 0.1) is 0 Å². The maximum absolute atomic E-state index is 11.4. The second kappa shape index (κ2) is 7.63. The maximum Gasteiger partial charge on any atom is 0.308 e. The van der Waals surface area contributed by atoms with Crippen LogP contribution in [-0.4, -0.2) is 32.1 Å². The van der Waals surface area contributed by atoms with Gasteiger partial charge in [-0.3, -0.25) is 4.79 Å². The molecule has 0 aromatic carbocycles. The zero-order valence-electron chi connectivity index (χ0n) is 10.2. The Morgan fingerprint density at radius 1 is 1.31 bits per heavy atom. The molecule has 1 fully saturated rings. The highest BCUT2D eigenvalue weighted by Gasteiger charge is 2.17. The van der Waals surface area contributed by atoms with Gasteiger partial charge in [-0.15, -0.1) is 0 Å². The van der Waals surface area contributed by atoms with Gasteiger partial charge < -0.3 is 14.2 Å². The molecule has 0 aromatic heterocycles. The molecule has 0 N–H and O–H groups in total. The standard InChI is InChI=1S/C12H22O4/c1-10(14-2)15-9-8-12(13)16-11-6-4-3-5-7-11/h10-11H,3-9H2,1-2H3. The van der Waals surface area contributed by atoms with Gasteiger partial charge in [-0.1, -0.05) is 6.42 Å². The zero-order chi connectivity index (χ0) is 11.8. The minimum absolute atomic E-state index is 0.140. The highest BCUT2D eigenvalue weighted by atomic mass is 16.7. The van der Waals surface area contributed by atoms with Gasteiger partial charge in [0.15, 0.2) is 6.29 Å². The lowest BCUT2D eigenvalue weighted by Gasteiger charge is -2.21. The Balaban J connectivity index is 2.05. The van der Waals surface area contributed by atoms with Crippen LogP contribution in [0.25, 0.3) is 0 Å². The molecular formula is C12H22O4. The fourth-order valence-corrected chi connectivity index (χ4v) is 1.80. The van der Waals surface area contributed by atoms with Gasteiger partial charge in [0.2, 0.25) is 0 Å². The number of rotatable bonds is 6. The molecule has 0 aromatic rings. The van der Waals surface area contributed by atoms with Crippen LogP contribution in [0.3, 0.4) is 0 Å². The van der Waals surface area contributed by atoms with E-state index in [1.165, 1.54) is 19.3 Å². The van der Waals surface area contributed by atoms with E-state index in [0.717, 1.165) is 12.8 Å². The summed E-state index contributed by atoms with van der Waals surface area (Å²) >= 11 is 0. The van der Waals surface area contributed by atoms with Crippen LogP contribution in [-0.2, 0) is 19.0 Å². The molecule has 4 heteroatoms. The molecule has 1 rings (SSSR count). The Hall–Kier alpha value is -0.610. The van der Waals surface area contributed by atoms with Gasteiger partial charge in [0.1, 0.15) is 6.10 Å². The van der Waals surface area contributed by atoms with Crippen molar-refractivity contribution in [3.63, 3.8) is 0 Å². The van der Waals surface area contributed by atoms with Crippen molar-refractivity contribution >= 4 is 5.97 Å². The molecule has 94 valence electrons. The number of hydrogen-bond acceptors (Lipinski definition) is 4. The molecule has 0 heterocycles. The lowest BCUT2D eigenvalue weighted by Crippen LogP contribution is -2.22. The van der Waals surface area contributed by atoms with Crippen LogP contribution in [0.1, 0.15) is 45.4 Å². The van der Waals surface area contributed by atoms with Crippen LogP contribution in [0.4, 0.5) is 0 Å². The van der Waals surface area contributed by atoms with Crippen molar-refractivity contribution in [2.75, 3.05) is 13.7 Å². The summed E-state index contributed by atoms with van der Waals surface area (Å²) in [5.41, 5.74) is 0. The highest BCUT2D eigenvalue weighted by Crippen LogP contribution is 2.20. The summed E-state index contributed by atoms with van der Waals surface area (Å²) in [6.45, 7) is 2.16. The third-order valence-corrected chi connectivity index (χ3v) is 2.84. The van der Waals surface area contributed by atoms with E-state index >= 15 is 0 Å². The molecule has 4 nitrogen and oxygen atoms in total. The molecule has 1 unspecified atom stereocenters. The first-order chi connectivity index (χ1) is 7.72. The van der Waals surface area contributed by atoms with Gasteiger partial charge in [-0.2, -0.15) is 0 Å². The number of hydrogen-bond donors (Lipinski definition) is 0. The van der Waals surface area contributed by atoms with E-state index in [2.05, 4.69) is 0 Å². The minimum Gasteiger partial charge on any atom is -0.462 e. The Morgan fingerprint density at radius 2 is 2.00 bits per heavy atom. The van der Waals surface area contributed by atoms with Crippen molar-refractivity contribution in [3.05, 3.63) is 0 Å². The van der Waals surface area contributed by atoms with Crippen molar-refractivity contribution in [1.82, 2.24) is 0 Å². The first-order valence-corrected chi connectivity index (χ1v) is 6.06. The molecule has 0 radical (unpaired) electrons. The Kier molecular flexibility index (Phi) is 6.42. The molecule has 0 amide bonds. The van der Waals surface area contributed by atoms with Gasteiger partial charge in [-0.05, 0) is 32.6 Å². The van der Waals surface area contributed by atoms with Crippen molar-refractivity contribution in [2.24, 2.45) is 0 Å². The Labute approximate surface area is 97.2 Å². The lowest BCUT2D eigenvalue weighted by molar-refractivity contribution is -0.156. The van der Waals surface area contributed by atoms with Gasteiger partial charge in [-0.25, -0.2) is 0 Å². The third-order valence-electron chi connectivity index (χ3n) is 2.84. The number of esters is 1. The molecule has 0 bridgehead atoms. The number of carbonyl (C=O) groups is 1. The molecule has 1 aliphatic carbocycles. The van der Waals surface area contributed by atoms with E-state index in [-0.39, 0.29) is 18.4 Å². The van der Waals surface area contributed by atoms with Crippen molar-refractivity contribution in [2.45, 2.75) is 57.8 Å². The molecule has 1 atom stereocenters. The summed E-state index contributed by atoms with van der Waals surface area (Å²) in [5.74, 6) is -0.157. The zero-order valence-corrected chi connectivity index (χ0v) is 10.2. The minimum atomic E-state index is -0.262. The maximum atomic E-state index is 11.4. The molecule has 0 spiro atoms. The van der Waals surface area contributed by atoms with Crippen LogP contribution < -0.4 is 0 Å². The largest absolute Gasteiger partial charge is 0.462 e. The van der Waals surface area contributed by atoms with E-state index in [4.69, 9.17) is 14.2 Å². The average Bonchev–Trinajstić information content (AvgIpc) is 2.30. The SMILES string of the molecule is COC(C)OCCC(=O)OC1CCCCC1. The summed E-state index contributed by atoms with van der Waals surface area (Å²) in [5, 5.41) is 0. The fourth-order valence-electron chi connectivity index (χ4n) is 1.80. The predicted octanol–water partition coefficient (Wildman–Crippen LogP) is 2.26. The van der Waals surface area contributed by atoms with E-state index in [9.17, 15) is 4.79 Å². The predicted molar refractivity (Wildman–Crippen MR) is 60.0 cm³/mol. The molecular weight excluding hydrogens is 208 g/mol. The van der Waals surface area contributed by atoms with Crippen LogP contribution >= 0.6 is 0 Å². The summed E-state index contributed by atoms with van der Waals surface area (Å²) in [7, 11) is 1.57. The van der Waals surface area contributed by atoms with Gasteiger partial charge in [0.05, 0.1) is 13.0 Å². The topological polar surface area (TPSA) is 44.8 Å². The fraction of sp³-hybridized carbons (Fsp3) is 0.917. The van der Waals surface area contributed by atoms with E-state index in [1.54, 1.807) is 14.0 Å².